The van der Waals surface area contributed by atoms with E-state index in [-0.39, 0.29) is 0 Å². The Balaban J connectivity index is 2.04. The lowest BCUT2D eigenvalue weighted by Gasteiger charge is -2.15. The Kier molecular flexibility index (Phi) is 2.66. The average Bonchev–Trinajstić information content (AvgIpc) is 3.08. The largest absolute Gasteiger partial charge is 0.302 e. The van der Waals surface area contributed by atoms with E-state index in [1.54, 1.807) is 0 Å². The third-order valence-electron chi connectivity index (χ3n) is 6.63. The highest BCUT2D eigenvalue weighted by Crippen LogP contribution is 2.42. The summed E-state index contributed by atoms with van der Waals surface area (Å²) >= 11 is 0. The quantitative estimate of drug-likeness (QED) is 0.169. The summed E-state index contributed by atoms with van der Waals surface area (Å²) in [5.41, 5.74) is 6.55. The zero-order chi connectivity index (χ0) is 19.3. The van der Waals surface area contributed by atoms with Crippen molar-refractivity contribution in [1.29, 1.82) is 0 Å². The highest BCUT2D eigenvalue weighted by atomic mass is 15.0. The molecular formula is C27H19N2+. The monoisotopic (exact) mass is 371 g/mol. The molecule has 136 valence electrons. The molecule has 0 unspecified atom stereocenters. The van der Waals surface area contributed by atoms with Gasteiger partial charge in [0.25, 0.3) is 0 Å². The van der Waals surface area contributed by atoms with E-state index in [1.165, 1.54) is 65.3 Å². The van der Waals surface area contributed by atoms with E-state index in [4.69, 9.17) is 0 Å². The Hall–Kier alpha value is -3.65. The van der Waals surface area contributed by atoms with Gasteiger partial charge in [0.15, 0.2) is 6.20 Å². The second-order valence-electron chi connectivity index (χ2n) is 8.19. The minimum absolute atomic E-state index is 1.28. The highest BCUT2D eigenvalue weighted by molar-refractivity contribution is 6.30. The molecule has 0 N–H and O–H groups in total. The molecule has 0 aliphatic carbocycles. The van der Waals surface area contributed by atoms with E-state index in [9.17, 15) is 0 Å². The molecule has 0 bridgehead atoms. The summed E-state index contributed by atoms with van der Waals surface area (Å²) in [6, 6.07) is 26.8. The molecule has 0 amide bonds. The van der Waals surface area contributed by atoms with Crippen LogP contribution in [0, 0.1) is 6.92 Å². The number of pyridine rings is 2. The van der Waals surface area contributed by atoms with Gasteiger partial charge >= 0.3 is 0 Å². The zero-order valence-electron chi connectivity index (χ0n) is 16.4. The molecule has 2 nitrogen and oxygen atoms in total. The number of hydrogen-bond acceptors (Lipinski definition) is 0. The zero-order valence-corrected chi connectivity index (χ0v) is 16.4. The maximum atomic E-state index is 2.51. The number of rotatable bonds is 0. The van der Waals surface area contributed by atoms with Crippen LogP contribution in [0.4, 0.5) is 0 Å². The highest BCUT2D eigenvalue weighted by Gasteiger charge is 2.24. The van der Waals surface area contributed by atoms with Gasteiger partial charge in [-0.25, -0.2) is 0 Å². The number of aryl methyl sites for hydroxylation is 2. The lowest BCUT2D eigenvalue weighted by atomic mass is 9.94. The minimum Gasteiger partial charge on any atom is -0.302 e. The minimum atomic E-state index is 1.28. The van der Waals surface area contributed by atoms with Gasteiger partial charge in [0.1, 0.15) is 12.6 Å². The topological polar surface area (TPSA) is 8.29 Å². The fourth-order valence-corrected chi connectivity index (χ4v) is 5.40. The molecule has 0 aliphatic rings. The molecule has 7 rings (SSSR count). The average molecular weight is 371 g/mol. The molecule has 3 aromatic heterocycles. The number of fused-ring (bicyclic) bond motifs is 7. The Morgan fingerprint density at radius 3 is 2.38 bits per heavy atom. The molecule has 0 spiro atoms. The second-order valence-corrected chi connectivity index (χ2v) is 8.19. The van der Waals surface area contributed by atoms with E-state index in [2.05, 4.69) is 102 Å². The van der Waals surface area contributed by atoms with Crippen molar-refractivity contribution in [3.63, 3.8) is 0 Å². The molecule has 3 heterocycles. The van der Waals surface area contributed by atoms with Gasteiger partial charge in [-0.3, -0.25) is 0 Å². The van der Waals surface area contributed by atoms with Crippen LogP contribution in [-0.4, -0.2) is 4.40 Å². The summed E-state index contributed by atoms with van der Waals surface area (Å²) in [5, 5.41) is 9.28. The van der Waals surface area contributed by atoms with E-state index in [0.29, 0.717) is 0 Å². The van der Waals surface area contributed by atoms with E-state index in [1.807, 2.05) is 0 Å². The lowest BCUT2D eigenvalue weighted by molar-refractivity contribution is -0.644. The molecular weight excluding hydrogens is 352 g/mol. The molecule has 0 saturated heterocycles. The summed E-state index contributed by atoms with van der Waals surface area (Å²) in [7, 11) is 2.17. The fourth-order valence-electron chi connectivity index (χ4n) is 5.40. The Morgan fingerprint density at radius 2 is 1.48 bits per heavy atom. The Labute approximate surface area is 167 Å². The number of aromatic nitrogens is 2. The van der Waals surface area contributed by atoms with Gasteiger partial charge in [0, 0.05) is 27.6 Å². The maximum Gasteiger partial charge on any atom is 0.238 e. The van der Waals surface area contributed by atoms with Gasteiger partial charge in [0.05, 0.1) is 16.4 Å². The number of hydrogen-bond donors (Lipinski definition) is 0. The van der Waals surface area contributed by atoms with Crippen molar-refractivity contribution in [1.82, 2.24) is 4.40 Å². The van der Waals surface area contributed by atoms with Gasteiger partial charge in [-0.2, -0.15) is 4.57 Å². The molecule has 0 fully saturated rings. The van der Waals surface area contributed by atoms with Crippen molar-refractivity contribution in [2.75, 3.05) is 0 Å². The van der Waals surface area contributed by atoms with Gasteiger partial charge in [-0.15, -0.1) is 0 Å². The van der Waals surface area contributed by atoms with Gasteiger partial charge in [0.2, 0.25) is 5.52 Å². The molecule has 2 heteroatoms. The second kappa shape index (κ2) is 5.03. The smallest absolute Gasteiger partial charge is 0.238 e. The first-order valence-electron chi connectivity index (χ1n) is 10.1. The lowest BCUT2D eigenvalue weighted by Crippen LogP contribution is -2.29. The van der Waals surface area contributed by atoms with Crippen LogP contribution < -0.4 is 4.57 Å². The molecule has 7 aromatic rings. The van der Waals surface area contributed by atoms with Crippen molar-refractivity contribution in [3.8, 4) is 0 Å². The van der Waals surface area contributed by atoms with Gasteiger partial charge < -0.3 is 4.40 Å². The van der Waals surface area contributed by atoms with Crippen LogP contribution in [0.15, 0.2) is 79.0 Å². The van der Waals surface area contributed by atoms with Crippen LogP contribution in [0.3, 0.4) is 0 Å². The van der Waals surface area contributed by atoms with Crippen molar-refractivity contribution >= 4 is 59.8 Å². The summed E-state index contributed by atoms with van der Waals surface area (Å²) < 4.78 is 4.80. The van der Waals surface area contributed by atoms with Crippen LogP contribution >= 0.6 is 0 Å². The predicted octanol–water partition coefficient (Wildman–Crippen LogP) is 6.28. The van der Waals surface area contributed by atoms with E-state index >= 15 is 0 Å². The third kappa shape index (κ3) is 1.71. The molecule has 0 atom stereocenters. The number of nitrogens with zero attached hydrogens (tertiary/aromatic N) is 2. The first kappa shape index (κ1) is 15.3. The fraction of sp³-hybridized carbons (Fsp3) is 0.0741. The SMILES string of the molecule is Cc1ccc2cc3ccccc3c3c2c1c1c2c(cc[n+]1C)c1ccccc1n32. The summed E-state index contributed by atoms with van der Waals surface area (Å²) in [4.78, 5) is 0. The molecule has 0 radical (unpaired) electrons. The molecule has 29 heavy (non-hydrogen) atoms. The first-order chi connectivity index (χ1) is 14.2. The summed E-state index contributed by atoms with van der Waals surface area (Å²) in [5.74, 6) is 0. The Morgan fingerprint density at radius 1 is 0.690 bits per heavy atom. The van der Waals surface area contributed by atoms with Crippen LogP contribution in [0.1, 0.15) is 5.56 Å². The number of benzene rings is 4. The van der Waals surface area contributed by atoms with Gasteiger partial charge in [-0.1, -0.05) is 54.6 Å². The van der Waals surface area contributed by atoms with Crippen molar-refractivity contribution in [3.05, 3.63) is 84.6 Å². The first-order valence-corrected chi connectivity index (χ1v) is 10.1. The van der Waals surface area contributed by atoms with Crippen LogP contribution in [0.25, 0.3) is 59.8 Å². The summed E-state index contributed by atoms with van der Waals surface area (Å²) in [6.45, 7) is 2.24. The van der Waals surface area contributed by atoms with Crippen LogP contribution in [0.5, 0.6) is 0 Å². The molecule has 4 aromatic carbocycles. The van der Waals surface area contributed by atoms with Crippen LogP contribution in [0.2, 0.25) is 0 Å². The van der Waals surface area contributed by atoms with Crippen LogP contribution in [-0.2, 0) is 7.05 Å². The number of para-hydroxylation sites is 1. The van der Waals surface area contributed by atoms with Crippen molar-refractivity contribution in [2.45, 2.75) is 6.92 Å². The molecule has 0 aliphatic heterocycles. The maximum absolute atomic E-state index is 2.51. The Bertz CT molecular complexity index is 1760. The third-order valence-corrected chi connectivity index (χ3v) is 6.63. The van der Waals surface area contributed by atoms with E-state index in [0.717, 1.165) is 0 Å². The normalized spacial score (nSPS) is 12.5. The predicted molar refractivity (Wildman–Crippen MR) is 122 cm³/mol. The summed E-state index contributed by atoms with van der Waals surface area (Å²) in [6.07, 6.45) is 2.21. The van der Waals surface area contributed by atoms with Gasteiger partial charge in [-0.05, 0) is 35.4 Å². The standard InChI is InChI=1S/C27H19N2/c1-16-11-12-18-15-17-7-3-4-8-19(17)25-24(18)23(16)27-26-21(13-14-28(27)2)20-9-5-6-10-22(20)29(25)26/h3-15H,1-2H3/q+1. The van der Waals surface area contributed by atoms with E-state index < -0.39 is 0 Å². The molecule has 0 saturated carbocycles. The van der Waals surface area contributed by atoms with Crippen molar-refractivity contribution < 1.29 is 4.57 Å². The van der Waals surface area contributed by atoms with Crippen molar-refractivity contribution in [2.24, 2.45) is 7.05 Å².